The van der Waals surface area contributed by atoms with Crippen molar-refractivity contribution in [1.82, 2.24) is 10.1 Å². The normalized spacial score (nSPS) is 11.4. The average Bonchev–Trinajstić information content (AvgIpc) is 2.91. The molecule has 0 spiro atoms. The van der Waals surface area contributed by atoms with Crippen molar-refractivity contribution in [3.05, 3.63) is 62.0 Å². The average molecular weight is 416 g/mol. The van der Waals surface area contributed by atoms with Gasteiger partial charge in [-0.1, -0.05) is 57.6 Å². The lowest BCUT2D eigenvalue weighted by atomic mass is 10.1. The summed E-state index contributed by atoms with van der Waals surface area (Å²) in [5, 5.41) is 13.9. The quantitative estimate of drug-likeness (QED) is 0.433. The lowest BCUT2D eigenvalue weighted by Gasteiger charge is -2.05. The molecule has 128 valence electrons. The van der Waals surface area contributed by atoms with Crippen molar-refractivity contribution in [2.24, 2.45) is 10.2 Å². The molecular formula is C16H10Cl4N4O. The minimum Gasteiger partial charge on any atom is -0.361 e. The predicted octanol–water partition coefficient (Wildman–Crippen LogP) is 6.94. The molecule has 0 fully saturated rings. The number of nitrogens with zero attached hydrogens (tertiary/aromatic N) is 4. The molecule has 3 rings (SSSR count). The van der Waals surface area contributed by atoms with Gasteiger partial charge in [-0.25, -0.2) is 0 Å². The zero-order valence-electron chi connectivity index (χ0n) is 12.8. The molecule has 2 heterocycles. The van der Waals surface area contributed by atoms with Gasteiger partial charge < -0.3 is 4.52 Å². The Kier molecular flexibility index (Phi) is 5.59. The van der Waals surface area contributed by atoms with Crippen molar-refractivity contribution in [3.8, 4) is 11.3 Å². The Morgan fingerprint density at radius 3 is 2.28 bits per heavy atom. The zero-order chi connectivity index (χ0) is 18.0. The van der Waals surface area contributed by atoms with E-state index in [0.29, 0.717) is 42.8 Å². The van der Waals surface area contributed by atoms with Gasteiger partial charge in [-0.15, -0.1) is 0 Å². The lowest BCUT2D eigenvalue weighted by Crippen LogP contribution is -1.89. The molecule has 0 unspecified atom stereocenters. The molecule has 0 aliphatic heterocycles. The van der Waals surface area contributed by atoms with Crippen molar-refractivity contribution in [2.45, 2.75) is 13.5 Å². The van der Waals surface area contributed by atoms with Gasteiger partial charge in [0.1, 0.15) is 17.1 Å². The van der Waals surface area contributed by atoms with Gasteiger partial charge in [0, 0.05) is 23.5 Å². The second kappa shape index (κ2) is 7.70. The van der Waals surface area contributed by atoms with E-state index in [1.165, 1.54) is 12.4 Å². The van der Waals surface area contributed by atoms with Crippen LogP contribution in [0.2, 0.25) is 20.1 Å². The monoisotopic (exact) mass is 414 g/mol. The fraction of sp³-hybridized carbons (Fsp3) is 0.125. The van der Waals surface area contributed by atoms with E-state index in [9.17, 15) is 0 Å². The van der Waals surface area contributed by atoms with Crippen LogP contribution in [-0.4, -0.2) is 10.1 Å². The van der Waals surface area contributed by atoms with E-state index < -0.39 is 0 Å². The maximum atomic E-state index is 6.25. The molecule has 0 saturated carbocycles. The summed E-state index contributed by atoms with van der Waals surface area (Å²) < 4.78 is 5.28. The van der Waals surface area contributed by atoms with E-state index in [4.69, 9.17) is 50.9 Å². The van der Waals surface area contributed by atoms with Gasteiger partial charge in [0.2, 0.25) is 0 Å². The minimum absolute atomic E-state index is 0.196. The maximum Gasteiger partial charge on any atom is 0.139 e. The molecule has 0 N–H and O–H groups in total. The molecule has 0 saturated heterocycles. The summed E-state index contributed by atoms with van der Waals surface area (Å²) in [6, 6.07) is 5.22. The summed E-state index contributed by atoms with van der Waals surface area (Å²) in [4.78, 5) is 3.87. The van der Waals surface area contributed by atoms with Crippen LogP contribution < -0.4 is 0 Å². The number of benzene rings is 1. The van der Waals surface area contributed by atoms with Crippen LogP contribution in [0.1, 0.15) is 11.3 Å². The lowest BCUT2D eigenvalue weighted by molar-refractivity contribution is 0.398. The highest BCUT2D eigenvalue weighted by Gasteiger charge is 2.19. The van der Waals surface area contributed by atoms with Crippen LogP contribution in [0.5, 0.6) is 0 Å². The van der Waals surface area contributed by atoms with E-state index in [2.05, 4.69) is 20.4 Å². The highest BCUT2D eigenvalue weighted by atomic mass is 35.5. The second-order valence-electron chi connectivity index (χ2n) is 5.01. The number of hydrogen-bond donors (Lipinski definition) is 0. The first kappa shape index (κ1) is 18.1. The van der Waals surface area contributed by atoms with Crippen molar-refractivity contribution in [2.75, 3.05) is 0 Å². The van der Waals surface area contributed by atoms with Gasteiger partial charge in [0.05, 0.1) is 26.6 Å². The molecule has 0 amide bonds. The standard InChI is InChI=1S/C16H10Cl4N4O/c1-8-9(5-22-23-16-12(19)6-21-7-13(16)20)15(24-25-8)14-10(17)3-2-4-11(14)18/h2-4,6-7H,5H2,1H3. The topological polar surface area (TPSA) is 63.6 Å². The SMILES string of the molecule is Cc1onc(-c2c(Cl)cccc2Cl)c1CN=Nc1c(Cl)cncc1Cl. The molecule has 3 aromatic rings. The van der Waals surface area contributed by atoms with Crippen molar-refractivity contribution < 1.29 is 4.52 Å². The Balaban J connectivity index is 1.95. The molecule has 5 nitrogen and oxygen atoms in total. The number of pyridine rings is 1. The van der Waals surface area contributed by atoms with Crippen molar-refractivity contribution >= 4 is 52.1 Å². The molecule has 0 bridgehead atoms. The number of rotatable bonds is 4. The third-order valence-corrected chi connectivity index (χ3v) is 4.60. The number of halogens is 4. The van der Waals surface area contributed by atoms with Gasteiger partial charge in [-0.3, -0.25) is 4.98 Å². The largest absolute Gasteiger partial charge is 0.361 e. The van der Waals surface area contributed by atoms with Gasteiger partial charge in [0.25, 0.3) is 0 Å². The third-order valence-electron chi connectivity index (χ3n) is 3.41. The Hall–Kier alpha value is -1.66. The van der Waals surface area contributed by atoms with Gasteiger partial charge in [-0.2, -0.15) is 10.2 Å². The van der Waals surface area contributed by atoms with Crippen molar-refractivity contribution in [3.63, 3.8) is 0 Å². The van der Waals surface area contributed by atoms with Crippen LogP contribution in [0.25, 0.3) is 11.3 Å². The highest BCUT2D eigenvalue weighted by molar-refractivity contribution is 6.39. The number of aryl methyl sites for hydroxylation is 1. The van der Waals surface area contributed by atoms with E-state index in [1.807, 2.05) is 0 Å². The minimum atomic E-state index is 0.196. The van der Waals surface area contributed by atoms with E-state index in [1.54, 1.807) is 25.1 Å². The van der Waals surface area contributed by atoms with Gasteiger partial charge >= 0.3 is 0 Å². The molecular weight excluding hydrogens is 406 g/mol. The van der Waals surface area contributed by atoms with Crippen molar-refractivity contribution in [1.29, 1.82) is 0 Å². The molecule has 0 aliphatic rings. The Bertz CT molecular complexity index is 915. The Morgan fingerprint density at radius 2 is 1.64 bits per heavy atom. The second-order valence-corrected chi connectivity index (χ2v) is 6.64. The Morgan fingerprint density at radius 1 is 1.00 bits per heavy atom. The molecule has 2 aromatic heterocycles. The van der Waals surface area contributed by atoms with Crippen LogP contribution in [0.15, 0.2) is 45.3 Å². The molecule has 0 atom stereocenters. The fourth-order valence-electron chi connectivity index (χ4n) is 2.17. The highest BCUT2D eigenvalue weighted by Crippen LogP contribution is 2.37. The Labute approximate surface area is 163 Å². The first-order valence-electron chi connectivity index (χ1n) is 7.05. The summed E-state index contributed by atoms with van der Waals surface area (Å²) in [5.41, 5.74) is 2.19. The molecule has 0 aliphatic carbocycles. The number of aromatic nitrogens is 2. The predicted molar refractivity (Wildman–Crippen MR) is 99.2 cm³/mol. The summed E-state index contributed by atoms with van der Waals surface area (Å²) in [6.45, 7) is 1.97. The summed E-state index contributed by atoms with van der Waals surface area (Å²) >= 11 is 24.6. The summed E-state index contributed by atoms with van der Waals surface area (Å²) in [7, 11) is 0. The number of hydrogen-bond acceptors (Lipinski definition) is 5. The first-order chi connectivity index (χ1) is 12.0. The van der Waals surface area contributed by atoms with Crippen LogP contribution in [-0.2, 0) is 6.54 Å². The van der Waals surface area contributed by atoms with E-state index in [0.717, 1.165) is 5.56 Å². The van der Waals surface area contributed by atoms with E-state index >= 15 is 0 Å². The van der Waals surface area contributed by atoms with Gasteiger partial charge in [0.15, 0.2) is 0 Å². The smallest absolute Gasteiger partial charge is 0.139 e. The maximum absolute atomic E-state index is 6.25. The van der Waals surface area contributed by atoms with Crippen LogP contribution in [0, 0.1) is 6.92 Å². The zero-order valence-corrected chi connectivity index (χ0v) is 15.8. The summed E-state index contributed by atoms with van der Waals surface area (Å²) in [5.74, 6) is 0.594. The van der Waals surface area contributed by atoms with Crippen LogP contribution >= 0.6 is 46.4 Å². The molecule has 9 heteroatoms. The molecule has 1 aromatic carbocycles. The fourth-order valence-corrected chi connectivity index (χ4v) is 3.19. The third kappa shape index (κ3) is 3.80. The van der Waals surface area contributed by atoms with Crippen LogP contribution in [0.3, 0.4) is 0 Å². The summed E-state index contributed by atoms with van der Waals surface area (Å²) in [6.07, 6.45) is 2.89. The molecule has 0 radical (unpaired) electrons. The number of azo groups is 1. The van der Waals surface area contributed by atoms with Crippen LogP contribution in [0.4, 0.5) is 5.69 Å². The molecule has 25 heavy (non-hydrogen) atoms. The first-order valence-corrected chi connectivity index (χ1v) is 8.56. The van der Waals surface area contributed by atoms with Gasteiger partial charge in [-0.05, 0) is 19.1 Å². The van der Waals surface area contributed by atoms with E-state index in [-0.39, 0.29) is 6.54 Å².